The Morgan fingerprint density at radius 2 is 2.15 bits per heavy atom. The van der Waals surface area contributed by atoms with Crippen molar-refractivity contribution in [3.8, 4) is 0 Å². The molecule has 2 rings (SSSR count). The maximum atomic E-state index is 5.70. The molecule has 0 spiro atoms. The zero-order chi connectivity index (χ0) is 9.26. The van der Waals surface area contributed by atoms with Gasteiger partial charge in [-0.1, -0.05) is 6.92 Å². The molecule has 2 aliphatic rings. The van der Waals surface area contributed by atoms with Crippen LogP contribution in [0.1, 0.15) is 32.6 Å². The van der Waals surface area contributed by atoms with Crippen LogP contribution in [0.5, 0.6) is 0 Å². The third-order valence-corrected chi connectivity index (χ3v) is 3.70. The van der Waals surface area contributed by atoms with Crippen LogP contribution in [0.3, 0.4) is 0 Å². The van der Waals surface area contributed by atoms with Crippen LogP contribution in [-0.2, 0) is 0 Å². The molecule has 2 nitrogen and oxygen atoms in total. The molecule has 1 aliphatic carbocycles. The molecular formula is C11H22N2. The summed E-state index contributed by atoms with van der Waals surface area (Å²) in [4.78, 5) is 2.69. The summed E-state index contributed by atoms with van der Waals surface area (Å²) < 4.78 is 0. The fourth-order valence-corrected chi connectivity index (χ4v) is 2.73. The van der Waals surface area contributed by atoms with Crippen molar-refractivity contribution in [1.82, 2.24) is 4.90 Å². The number of nitrogens with two attached hydrogens (primary N) is 1. The van der Waals surface area contributed by atoms with Gasteiger partial charge >= 0.3 is 0 Å². The third kappa shape index (κ3) is 2.05. The summed E-state index contributed by atoms with van der Waals surface area (Å²) in [5, 5.41) is 0. The molecule has 1 saturated heterocycles. The Morgan fingerprint density at radius 1 is 1.38 bits per heavy atom. The molecule has 1 aliphatic heterocycles. The first-order chi connectivity index (χ1) is 6.35. The highest BCUT2D eigenvalue weighted by Gasteiger charge is 2.36. The van der Waals surface area contributed by atoms with Crippen LogP contribution < -0.4 is 5.73 Å². The van der Waals surface area contributed by atoms with E-state index in [1.54, 1.807) is 0 Å². The minimum absolute atomic E-state index is 0.785. The van der Waals surface area contributed by atoms with E-state index >= 15 is 0 Å². The molecule has 1 heterocycles. The molecule has 0 bridgehead atoms. The van der Waals surface area contributed by atoms with E-state index in [1.807, 2.05) is 0 Å². The maximum Gasteiger partial charge on any atom is 0.0121 e. The van der Waals surface area contributed by atoms with Crippen LogP contribution in [0.15, 0.2) is 0 Å². The van der Waals surface area contributed by atoms with Gasteiger partial charge in [0.2, 0.25) is 0 Å². The van der Waals surface area contributed by atoms with Crippen LogP contribution in [0.2, 0.25) is 0 Å². The van der Waals surface area contributed by atoms with Gasteiger partial charge in [-0.15, -0.1) is 0 Å². The second kappa shape index (κ2) is 3.97. The predicted molar refractivity (Wildman–Crippen MR) is 55.5 cm³/mol. The Kier molecular flexibility index (Phi) is 2.89. The second-order valence-electron chi connectivity index (χ2n) is 4.70. The summed E-state index contributed by atoms with van der Waals surface area (Å²) in [7, 11) is 0. The first kappa shape index (κ1) is 9.47. The largest absolute Gasteiger partial charge is 0.330 e. The van der Waals surface area contributed by atoms with Gasteiger partial charge < -0.3 is 5.73 Å². The molecule has 2 fully saturated rings. The van der Waals surface area contributed by atoms with E-state index in [1.165, 1.54) is 38.8 Å². The second-order valence-corrected chi connectivity index (χ2v) is 4.70. The minimum atomic E-state index is 0.785. The molecule has 2 unspecified atom stereocenters. The van der Waals surface area contributed by atoms with Crippen molar-refractivity contribution in [3.05, 3.63) is 0 Å². The number of hydrogen-bond donors (Lipinski definition) is 1. The van der Waals surface area contributed by atoms with E-state index in [9.17, 15) is 0 Å². The zero-order valence-corrected chi connectivity index (χ0v) is 8.71. The topological polar surface area (TPSA) is 29.3 Å². The fourth-order valence-electron chi connectivity index (χ4n) is 2.73. The number of hydrogen-bond acceptors (Lipinski definition) is 2. The van der Waals surface area contributed by atoms with Crippen LogP contribution in [0.4, 0.5) is 0 Å². The number of likely N-dealkylation sites (tertiary alicyclic amines) is 1. The van der Waals surface area contributed by atoms with Gasteiger partial charge in [-0.3, -0.25) is 4.90 Å². The summed E-state index contributed by atoms with van der Waals surface area (Å²) >= 11 is 0. The van der Waals surface area contributed by atoms with Gasteiger partial charge in [-0.2, -0.15) is 0 Å². The molecule has 0 aromatic rings. The molecule has 2 heteroatoms. The highest BCUT2D eigenvalue weighted by atomic mass is 15.2. The molecule has 2 N–H and O–H groups in total. The number of rotatable bonds is 4. The summed E-state index contributed by atoms with van der Waals surface area (Å²) in [6, 6.07) is 0.886. The lowest BCUT2D eigenvalue weighted by Crippen LogP contribution is -2.35. The van der Waals surface area contributed by atoms with Crippen LogP contribution >= 0.6 is 0 Å². The molecule has 0 aromatic carbocycles. The first-order valence-electron chi connectivity index (χ1n) is 5.79. The Hall–Kier alpha value is -0.0800. The molecule has 0 amide bonds. The standard InChI is InChI=1S/C11H22N2/c1-2-11(10-3-4-10)13-6-5-9(7-12)8-13/h9-11H,2-8,12H2,1H3. The highest BCUT2D eigenvalue weighted by Crippen LogP contribution is 2.38. The van der Waals surface area contributed by atoms with Crippen molar-refractivity contribution in [2.75, 3.05) is 19.6 Å². The van der Waals surface area contributed by atoms with E-state index in [4.69, 9.17) is 5.73 Å². The lowest BCUT2D eigenvalue weighted by Gasteiger charge is -2.26. The van der Waals surface area contributed by atoms with Gasteiger partial charge in [-0.25, -0.2) is 0 Å². The van der Waals surface area contributed by atoms with Gasteiger partial charge in [0.15, 0.2) is 0 Å². The van der Waals surface area contributed by atoms with E-state index < -0.39 is 0 Å². The summed E-state index contributed by atoms with van der Waals surface area (Å²) in [6.07, 6.45) is 5.62. The summed E-state index contributed by atoms with van der Waals surface area (Å²) in [6.45, 7) is 5.79. The van der Waals surface area contributed by atoms with Crippen molar-refractivity contribution in [3.63, 3.8) is 0 Å². The quantitative estimate of drug-likeness (QED) is 0.713. The Bertz CT molecular complexity index is 165. The fraction of sp³-hybridized carbons (Fsp3) is 1.00. The van der Waals surface area contributed by atoms with Gasteiger partial charge in [-0.05, 0) is 50.6 Å². The first-order valence-corrected chi connectivity index (χ1v) is 5.79. The van der Waals surface area contributed by atoms with Crippen LogP contribution in [0.25, 0.3) is 0 Å². The minimum Gasteiger partial charge on any atom is -0.330 e. The molecule has 2 atom stereocenters. The molecule has 0 radical (unpaired) electrons. The smallest absolute Gasteiger partial charge is 0.0121 e. The van der Waals surface area contributed by atoms with Gasteiger partial charge in [0.05, 0.1) is 0 Å². The van der Waals surface area contributed by atoms with E-state index in [0.29, 0.717) is 0 Å². The molecule has 1 saturated carbocycles. The highest BCUT2D eigenvalue weighted by molar-refractivity contribution is 4.90. The average molecular weight is 182 g/mol. The van der Waals surface area contributed by atoms with Gasteiger partial charge in [0, 0.05) is 12.6 Å². The average Bonchev–Trinajstić information content (AvgIpc) is 2.85. The predicted octanol–water partition coefficient (Wildman–Crippen LogP) is 1.46. The molecule has 0 aromatic heterocycles. The van der Waals surface area contributed by atoms with E-state index in [0.717, 1.165) is 24.4 Å². The normalized spacial score (nSPS) is 32.3. The van der Waals surface area contributed by atoms with Crippen molar-refractivity contribution in [2.45, 2.75) is 38.6 Å². The SMILES string of the molecule is CCC(C1CC1)N1CCC(CN)C1. The van der Waals surface area contributed by atoms with Crippen LogP contribution in [-0.4, -0.2) is 30.6 Å². The Morgan fingerprint density at radius 3 is 2.62 bits per heavy atom. The molecule has 13 heavy (non-hydrogen) atoms. The van der Waals surface area contributed by atoms with Gasteiger partial charge in [0.25, 0.3) is 0 Å². The summed E-state index contributed by atoms with van der Waals surface area (Å²) in [5.74, 6) is 1.81. The van der Waals surface area contributed by atoms with Crippen LogP contribution in [0, 0.1) is 11.8 Å². The monoisotopic (exact) mass is 182 g/mol. The van der Waals surface area contributed by atoms with E-state index in [-0.39, 0.29) is 0 Å². The van der Waals surface area contributed by atoms with Crippen molar-refractivity contribution in [2.24, 2.45) is 17.6 Å². The molecular weight excluding hydrogens is 160 g/mol. The lowest BCUT2D eigenvalue weighted by atomic mass is 10.1. The maximum absolute atomic E-state index is 5.70. The number of nitrogens with zero attached hydrogens (tertiary/aromatic N) is 1. The van der Waals surface area contributed by atoms with Crippen molar-refractivity contribution < 1.29 is 0 Å². The van der Waals surface area contributed by atoms with Crippen molar-refractivity contribution in [1.29, 1.82) is 0 Å². The zero-order valence-electron chi connectivity index (χ0n) is 8.71. The third-order valence-electron chi connectivity index (χ3n) is 3.70. The lowest BCUT2D eigenvalue weighted by molar-refractivity contribution is 0.205. The Balaban J connectivity index is 1.85. The Labute approximate surface area is 81.5 Å². The van der Waals surface area contributed by atoms with Crippen molar-refractivity contribution >= 4 is 0 Å². The van der Waals surface area contributed by atoms with E-state index in [2.05, 4.69) is 11.8 Å². The summed E-state index contributed by atoms with van der Waals surface area (Å²) in [5.41, 5.74) is 5.70. The molecule has 76 valence electrons. The van der Waals surface area contributed by atoms with Gasteiger partial charge in [0.1, 0.15) is 0 Å².